The molecule has 0 bridgehead atoms. The van der Waals surface area contributed by atoms with E-state index in [4.69, 9.17) is 4.74 Å². The van der Waals surface area contributed by atoms with Gasteiger partial charge in [0.25, 0.3) is 5.69 Å². The van der Waals surface area contributed by atoms with Gasteiger partial charge in [0, 0.05) is 31.3 Å². The van der Waals surface area contributed by atoms with Crippen LogP contribution in [0.1, 0.15) is 39.0 Å². The third kappa shape index (κ3) is 4.77. The lowest BCUT2D eigenvalue weighted by Crippen LogP contribution is -2.41. The summed E-state index contributed by atoms with van der Waals surface area (Å²) in [5.41, 5.74) is 0.230. The summed E-state index contributed by atoms with van der Waals surface area (Å²) in [7, 11) is -3.83. The molecule has 0 amide bonds. The number of rotatable bonds is 5. The molecule has 1 N–H and O–H groups in total. The van der Waals surface area contributed by atoms with Crippen LogP contribution < -0.4 is 5.32 Å². The van der Waals surface area contributed by atoms with E-state index in [9.17, 15) is 18.5 Å². The monoisotopic (exact) mass is 397 g/mol. The first-order valence-corrected chi connectivity index (χ1v) is 10.9. The standard InChI is InChI=1S/C18H27N3O5S/c1-14-3-2-4-15(6-5-14)19-17-8-7-16(21(22)23)13-18(17)27(24,25)20-9-11-26-12-10-20/h7-8,13-15,19H,2-6,9-12H2,1H3. The first-order valence-electron chi connectivity index (χ1n) is 9.51. The Balaban J connectivity index is 1.92. The summed E-state index contributed by atoms with van der Waals surface area (Å²) < 4.78 is 32.9. The maximum absolute atomic E-state index is 13.2. The van der Waals surface area contributed by atoms with Crippen molar-refractivity contribution in [1.82, 2.24) is 4.31 Å². The summed E-state index contributed by atoms with van der Waals surface area (Å²) in [5, 5.41) is 14.6. The summed E-state index contributed by atoms with van der Waals surface area (Å²) in [6.07, 6.45) is 5.30. The Morgan fingerprint density at radius 2 is 1.93 bits per heavy atom. The zero-order chi connectivity index (χ0) is 19.4. The molecule has 2 unspecified atom stereocenters. The van der Waals surface area contributed by atoms with Gasteiger partial charge in [-0.25, -0.2) is 8.42 Å². The molecule has 2 fully saturated rings. The van der Waals surface area contributed by atoms with Crippen molar-refractivity contribution in [3.8, 4) is 0 Å². The number of nitrogens with one attached hydrogen (secondary N) is 1. The van der Waals surface area contributed by atoms with Crippen LogP contribution in [0.15, 0.2) is 23.1 Å². The van der Waals surface area contributed by atoms with Crippen molar-refractivity contribution < 1.29 is 18.1 Å². The minimum absolute atomic E-state index is 0.0177. The fraction of sp³-hybridized carbons (Fsp3) is 0.667. The van der Waals surface area contributed by atoms with E-state index in [1.807, 2.05) is 0 Å². The topological polar surface area (TPSA) is 102 Å². The molecule has 0 spiro atoms. The summed E-state index contributed by atoms with van der Waals surface area (Å²) >= 11 is 0. The van der Waals surface area contributed by atoms with Gasteiger partial charge in [-0.2, -0.15) is 4.31 Å². The zero-order valence-electron chi connectivity index (χ0n) is 15.6. The molecule has 2 atom stereocenters. The minimum Gasteiger partial charge on any atom is -0.381 e. The average molecular weight is 397 g/mol. The molecule has 27 heavy (non-hydrogen) atoms. The van der Waals surface area contributed by atoms with Crippen LogP contribution in [-0.4, -0.2) is 50.0 Å². The Hall–Kier alpha value is -1.71. The highest BCUT2D eigenvalue weighted by Gasteiger charge is 2.31. The molecule has 0 aromatic heterocycles. The van der Waals surface area contributed by atoms with Crippen molar-refractivity contribution >= 4 is 21.4 Å². The average Bonchev–Trinajstić information content (AvgIpc) is 2.86. The van der Waals surface area contributed by atoms with E-state index in [-0.39, 0.29) is 29.7 Å². The van der Waals surface area contributed by atoms with Crippen molar-refractivity contribution in [2.24, 2.45) is 5.92 Å². The van der Waals surface area contributed by atoms with Gasteiger partial charge in [0.05, 0.1) is 23.8 Å². The van der Waals surface area contributed by atoms with Crippen LogP contribution >= 0.6 is 0 Å². The molecule has 1 aliphatic heterocycles. The molecule has 2 aliphatic rings. The van der Waals surface area contributed by atoms with Crippen molar-refractivity contribution in [2.75, 3.05) is 31.6 Å². The molecule has 0 radical (unpaired) electrons. The largest absolute Gasteiger partial charge is 0.381 e. The minimum atomic E-state index is -3.83. The smallest absolute Gasteiger partial charge is 0.270 e. The molecule has 1 aromatic carbocycles. The lowest BCUT2D eigenvalue weighted by molar-refractivity contribution is -0.385. The summed E-state index contributed by atoms with van der Waals surface area (Å²) in [6, 6.07) is 4.24. The van der Waals surface area contributed by atoms with Gasteiger partial charge in [-0.3, -0.25) is 10.1 Å². The third-order valence-corrected chi connectivity index (χ3v) is 7.32. The SMILES string of the molecule is CC1CCCC(Nc2ccc([N+](=O)[O-])cc2S(=O)(=O)N2CCOCC2)CC1. The Morgan fingerprint density at radius 3 is 2.63 bits per heavy atom. The lowest BCUT2D eigenvalue weighted by atomic mass is 10.0. The molecule has 1 saturated heterocycles. The van der Waals surface area contributed by atoms with Crippen LogP contribution in [0.25, 0.3) is 0 Å². The number of morpholine rings is 1. The molecule has 8 nitrogen and oxygen atoms in total. The Bertz CT molecular complexity index is 777. The molecule has 1 aromatic rings. The molecule has 1 saturated carbocycles. The van der Waals surface area contributed by atoms with Gasteiger partial charge in [-0.15, -0.1) is 0 Å². The number of sulfonamides is 1. The number of nitrogens with zero attached hydrogens (tertiary/aromatic N) is 2. The molecule has 3 rings (SSSR count). The fourth-order valence-corrected chi connectivity index (χ4v) is 5.32. The maximum atomic E-state index is 13.2. The first kappa shape index (κ1) is 20.0. The maximum Gasteiger partial charge on any atom is 0.270 e. The lowest BCUT2D eigenvalue weighted by Gasteiger charge is -2.28. The van der Waals surface area contributed by atoms with Crippen LogP contribution in [0.5, 0.6) is 0 Å². The predicted molar refractivity (Wildman–Crippen MR) is 102 cm³/mol. The van der Waals surface area contributed by atoms with Crippen LogP contribution in [0, 0.1) is 16.0 Å². The first-order chi connectivity index (χ1) is 12.9. The Kier molecular flexibility index (Phi) is 6.33. The van der Waals surface area contributed by atoms with Gasteiger partial charge >= 0.3 is 0 Å². The van der Waals surface area contributed by atoms with Crippen molar-refractivity contribution in [1.29, 1.82) is 0 Å². The number of hydrogen-bond acceptors (Lipinski definition) is 6. The van der Waals surface area contributed by atoms with Crippen molar-refractivity contribution in [3.63, 3.8) is 0 Å². The number of nitro benzene ring substituents is 1. The third-order valence-electron chi connectivity index (χ3n) is 5.38. The quantitative estimate of drug-likeness (QED) is 0.466. The molecule has 9 heteroatoms. The summed E-state index contributed by atoms with van der Waals surface area (Å²) in [5.74, 6) is 0.671. The van der Waals surface area contributed by atoms with Crippen LogP contribution in [0.2, 0.25) is 0 Å². The highest BCUT2D eigenvalue weighted by Crippen LogP contribution is 2.32. The van der Waals surface area contributed by atoms with Gasteiger partial charge in [0.1, 0.15) is 4.90 Å². The second-order valence-corrected chi connectivity index (χ2v) is 9.32. The number of benzene rings is 1. The number of ether oxygens (including phenoxy) is 1. The van der Waals surface area contributed by atoms with E-state index in [1.165, 1.54) is 28.9 Å². The summed E-state index contributed by atoms with van der Waals surface area (Å²) in [6.45, 7) is 3.41. The Labute approximate surface area is 160 Å². The number of anilines is 1. The van der Waals surface area contributed by atoms with Crippen molar-refractivity contribution in [3.05, 3.63) is 28.3 Å². The Morgan fingerprint density at radius 1 is 1.19 bits per heavy atom. The normalized spacial score (nSPS) is 24.9. The number of hydrogen-bond donors (Lipinski definition) is 1. The van der Waals surface area contributed by atoms with Gasteiger partial charge in [-0.05, 0) is 31.2 Å². The fourth-order valence-electron chi connectivity index (χ4n) is 3.73. The highest BCUT2D eigenvalue weighted by molar-refractivity contribution is 7.89. The molecule has 150 valence electrons. The van der Waals surface area contributed by atoms with E-state index < -0.39 is 14.9 Å². The predicted octanol–water partition coefficient (Wildman–Crippen LogP) is 3.00. The number of nitro groups is 1. The van der Waals surface area contributed by atoms with E-state index in [2.05, 4.69) is 12.2 Å². The van der Waals surface area contributed by atoms with E-state index in [0.29, 0.717) is 24.8 Å². The molecular weight excluding hydrogens is 370 g/mol. The van der Waals surface area contributed by atoms with Gasteiger partial charge in [-0.1, -0.05) is 19.8 Å². The molecule has 1 heterocycles. The summed E-state index contributed by atoms with van der Waals surface area (Å²) in [4.78, 5) is 10.6. The highest BCUT2D eigenvalue weighted by atomic mass is 32.2. The van der Waals surface area contributed by atoms with Crippen LogP contribution in [0.4, 0.5) is 11.4 Å². The van der Waals surface area contributed by atoms with E-state index in [1.54, 1.807) is 0 Å². The van der Waals surface area contributed by atoms with Gasteiger partial charge in [0.15, 0.2) is 0 Å². The van der Waals surface area contributed by atoms with Crippen LogP contribution in [0.3, 0.4) is 0 Å². The molecular formula is C18H27N3O5S. The van der Waals surface area contributed by atoms with Gasteiger partial charge in [0.2, 0.25) is 10.0 Å². The second-order valence-electron chi connectivity index (χ2n) is 7.41. The van der Waals surface area contributed by atoms with Gasteiger partial charge < -0.3 is 10.1 Å². The second kappa shape index (κ2) is 8.53. The van der Waals surface area contributed by atoms with Crippen LogP contribution in [-0.2, 0) is 14.8 Å². The van der Waals surface area contributed by atoms with E-state index in [0.717, 1.165) is 25.7 Å². The van der Waals surface area contributed by atoms with E-state index >= 15 is 0 Å². The molecule has 1 aliphatic carbocycles. The zero-order valence-corrected chi connectivity index (χ0v) is 16.4. The number of non-ortho nitro benzene ring substituents is 1. The van der Waals surface area contributed by atoms with Crippen molar-refractivity contribution in [2.45, 2.75) is 50.0 Å².